The molecule has 1 aromatic carbocycles. The van der Waals surface area contributed by atoms with Crippen LogP contribution in [0.3, 0.4) is 0 Å². The minimum atomic E-state index is -0.362. The van der Waals surface area contributed by atoms with Crippen molar-refractivity contribution in [2.45, 2.75) is 32.6 Å². The third-order valence-electron chi connectivity index (χ3n) is 3.75. The molecule has 1 aromatic heterocycles. The molecular weight excluding hydrogens is 340 g/mol. The fourth-order valence-corrected chi connectivity index (χ4v) is 3.23. The van der Waals surface area contributed by atoms with Gasteiger partial charge in [-0.15, -0.1) is 10.2 Å². The molecule has 7 nitrogen and oxygen atoms in total. The van der Waals surface area contributed by atoms with Crippen LogP contribution in [0.4, 0.5) is 5.13 Å². The Kier molecular flexibility index (Phi) is 4.38. The van der Waals surface area contributed by atoms with Gasteiger partial charge < -0.3 is 5.32 Å². The first-order valence-corrected chi connectivity index (χ1v) is 8.68. The first-order chi connectivity index (χ1) is 11.8. The Labute approximate surface area is 149 Å². The third-order valence-corrected chi connectivity index (χ3v) is 5.02. The highest BCUT2D eigenvalue weighted by molar-refractivity contribution is 7.15. The zero-order valence-corrected chi connectivity index (χ0v) is 15.0. The highest BCUT2D eigenvalue weighted by atomic mass is 32.1. The zero-order chi connectivity index (χ0) is 18.2. The first-order valence-electron chi connectivity index (χ1n) is 7.86. The van der Waals surface area contributed by atoms with E-state index in [0.717, 1.165) is 9.91 Å². The molecule has 0 radical (unpaired) electrons. The van der Waals surface area contributed by atoms with Gasteiger partial charge in [0.2, 0.25) is 11.0 Å². The summed E-state index contributed by atoms with van der Waals surface area (Å²) in [5.74, 6) is -1.04. The molecule has 0 unspecified atom stereocenters. The number of hydrogen-bond donors (Lipinski definition) is 1. The van der Waals surface area contributed by atoms with Crippen molar-refractivity contribution in [2.75, 3.05) is 11.9 Å². The molecule has 1 aliphatic rings. The molecule has 8 heteroatoms. The maximum absolute atomic E-state index is 12.2. The van der Waals surface area contributed by atoms with Crippen LogP contribution >= 0.6 is 11.3 Å². The number of anilines is 1. The van der Waals surface area contributed by atoms with Gasteiger partial charge in [0.15, 0.2) is 0 Å². The lowest BCUT2D eigenvalue weighted by molar-refractivity contribution is -0.116. The van der Waals surface area contributed by atoms with E-state index in [1.807, 2.05) is 20.8 Å². The fourth-order valence-electron chi connectivity index (χ4n) is 2.41. The van der Waals surface area contributed by atoms with E-state index in [1.165, 1.54) is 11.3 Å². The average molecular weight is 358 g/mol. The number of imide groups is 1. The van der Waals surface area contributed by atoms with Crippen molar-refractivity contribution in [2.24, 2.45) is 0 Å². The number of benzene rings is 1. The number of fused-ring (bicyclic) bond motifs is 1. The maximum atomic E-state index is 12.2. The molecule has 130 valence electrons. The lowest BCUT2D eigenvalue weighted by Gasteiger charge is -2.13. The van der Waals surface area contributed by atoms with Gasteiger partial charge >= 0.3 is 0 Å². The van der Waals surface area contributed by atoms with E-state index >= 15 is 0 Å². The van der Waals surface area contributed by atoms with E-state index in [4.69, 9.17) is 0 Å². The van der Waals surface area contributed by atoms with Gasteiger partial charge in [0.05, 0.1) is 11.1 Å². The predicted molar refractivity (Wildman–Crippen MR) is 93.7 cm³/mol. The van der Waals surface area contributed by atoms with Crippen molar-refractivity contribution < 1.29 is 14.4 Å². The Morgan fingerprint density at radius 1 is 1.12 bits per heavy atom. The highest BCUT2D eigenvalue weighted by Crippen LogP contribution is 2.28. The second kappa shape index (κ2) is 6.36. The number of nitrogens with one attached hydrogen (secondary N) is 1. The summed E-state index contributed by atoms with van der Waals surface area (Å²) >= 11 is 1.32. The Balaban J connectivity index is 1.59. The molecule has 0 fully saturated rings. The monoisotopic (exact) mass is 358 g/mol. The lowest BCUT2D eigenvalue weighted by Crippen LogP contribution is -2.32. The number of nitrogens with zero attached hydrogens (tertiary/aromatic N) is 3. The molecule has 0 saturated carbocycles. The van der Waals surface area contributed by atoms with Crippen LogP contribution in [-0.4, -0.2) is 39.4 Å². The first kappa shape index (κ1) is 17.2. The molecule has 2 aromatic rings. The van der Waals surface area contributed by atoms with Crippen LogP contribution in [0, 0.1) is 0 Å². The summed E-state index contributed by atoms with van der Waals surface area (Å²) in [7, 11) is 0. The normalized spacial score (nSPS) is 14.0. The molecule has 1 N–H and O–H groups in total. The lowest BCUT2D eigenvalue weighted by atomic mass is 9.98. The van der Waals surface area contributed by atoms with E-state index in [1.54, 1.807) is 24.3 Å². The van der Waals surface area contributed by atoms with Crippen molar-refractivity contribution in [1.29, 1.82) is 0 Å². The molecule has 3 amide bonds. The molecular formula is C17H18N4O3S. The number of rotatable bonds is 4. The average Bonchev–Trinajstić information content (AvgIpc) is 3.11. The van der Waals surface area contributed by atoms with Crippen LogP contribution in [0.2, 0.25) is 0 Å². The van der Waals surface area contributed by atoms with Gasteiger partial charge in [-0.2, -0.15) is 0 Å². The quantitative estimate of drug-likeness (QED) is 0.848. The minimum Gasteiger partial charge on any atom is -0.300 e. The molecule has 0 spiro atoms. The zero-order valence-electron chi connectivity index (χ0n) is 14.2. The maximum Gasteiger partial charge on any atom is 0.261 e. The molecule has 1 aliphatic heterocycles. The molecule has 0 aliphatic carbocycles. The summed E-state index contributed by atoms with van der Waals surface area (Å²) in [5, 5.41) is 11.9. The SMILES string of the molecule is CC(C)(C)c1nnc(NC(=O)CCN2C(=O)c3ccccc3C2=O)s1. The summed E-state index contributed by atoms with van der Waals surface area (Å²) in [6.45, 7) is 6.08. The molecule has 2 heterocycles. The van der Waals surface area contributed by atoms with Crippen LogP contribution in [0.1, 0.15) is 52.9 Å². The summed E-state index contributed by atoms with van der Waals surface area (Å²) in [4.78, 5) is 37.7. The number of hydrogen-bond acceptors (Lipinski definition) is 6. The Bertz CT molecular complexity index is 819. The second-order valence-corrected chi connectivity index (χ2v) is 7.75. The van der Waals surface area contributed by atoms with Gasteiger partial charge in [-0.05, 0) is 12.1 Å². The molecule has 0 atom stereocenters. The van der Waals surface area contributed by atoms with Crippen LogP contribution in [0.5, 0.6) is 0 Å². The van der Waals surface area contributed by atoms with E-state index in [9.17, 15) is 14.4 Å². The Morgan fingerprint density at radius 2 is 1.72 bits per heavy atom. The number of aromatic nitrogens is 2. The van der Waals surface area contributed by atoms with Crippen LogP contribution in [0.15, 0.2) is 24.3 Å². The topological polar surface area (TPSA) is 92.3 Å². The van der Waals surface area contributed by atoms with Crippen LogP contribution in [0.25, 0.3) is 0 Å². The van der Waals surface area contributed by atoms with E-state index < -0.39 is 0 Å². The molecule has 0 bridgehead atoms. The van der Waals surface area contributed by atoms with E-state index in [2.05, 4.69) is 15.5 Å². The van der Waals surface area contributed by atoms with Gasteiger partial charge in [0.1, 0.15) is 5.01 Å². The smallest absolute Gasteiger partial charge is 0.261 e. The van der Waals surface area contributed by atoms with Crippen molar-refractivity contribution in [3.8, 4) is 0 Å². The van der Waals surface area contributed by atoms with Gasteiger partial charge in [-0.3, -0.25) is 19.3 Å². The largest absolute Gasteiger partial charge is 0.300 e. The molecule has 25 heavy (non-hydrogen) atoms. The Hall–Kier alpha value is -2.61. The second-order valence-electron chi connectivity index (χ2n) is 6.77. The Morgan fingerprint density at radius 3 is 2.24 bits per heavy atom. The number of amides is 3. The van der Waals surface area contributed by atoms with Crippen molar-refractivity contribution in [3.63, 3.8) is 0 Å². The van der Waals surface area contributed by atoms with Crippen LogP contribution in [-0.2, 0) is 10.2 Å². The van der Waals surface area contributed by atoms with E-state index in [0.29, 0.717) is 16.3 Å². The number of carbonyl (C=O) groups excluding carboxylic acids is 3. The third kappa shape index (κ3) is 3.43. The van der Waals surface area contributed by atoms with Crippen molar-refractivity contribution in [3.05, 3.63) is 40.4 Å². The predicted octanol–water partition coefficient (Wildman–Crippen LogP) is 2.46. The van der Waals surface area contributed by atoms with Gasteiger partial charge in [0, 0.05) is 18.4 Å². The van der Waals surface area contributed by atoms with E-state index in [-0.39, 0.29) is 36.1 Å². The standard InChI is InChI=1S/C17H18N4O3S/c1-17(2,3)15-19-20-16(25-15)18-12(22)8-9-21-13(23)10-6-4-5-7-11(10)14(21)24/h4-7H,8-9H2,1-3H3,(H,18,20,22). The van der Waals surface area contributed by atoms with Gasteiger partial charge in [-0.25, -0.2) is 0 Å². The van der Waals surface area contributed by atoms with Crippen molar-refractivity contribution in [1.82, 2.24) is 15.1 Å². The summed E-state index contributed by atoms with van der Waals surface area (Å²) < 4.78 is 0. The molecule has 3 rings (SSSR count). The summed E-state index contributed by atoms with van der Waals surface area (Å²) in [6.07, 6.45) is 0.00982. The van der Waals surface area contributed by atoms with Crippen LogP contribution < -0.4 is 5.32 Å². The van der Waals surface area contributed by atoms with Gasteiger partial charge in [0.25, 0.3) is 11.8 Å². The fraction of sp³-hybridized carbons (Fsp3) is 0.353. The molecule has 0 saturated heterocycles. The minimum absolute atomic E-state index is 0.00982. The number of carbonyl (C=O) groups is 3. The van der Waals surface area contributed by atoms with Crippen molar-refractivity contribution >= 4 is 34.2 Å². The highest BCUT2D eigenvalue weighted by Gasteiger charge is 2.35. The summed E-state index contributed by atoms with van der Waals surface area (Å²) in [6, 6.07) is 6.65. The summed E-state index contributed by atoms with van der Waals surface area (Å²) in [5.41, 5.74) is 0.625. The van der Waals surface area contributed by atoms with Gasteiger partial charge in [-0.1, -0.05) is 44.2 Å².